The predicted octanol–water partition coefficient (Wildman–Crippen LogP) is 9.50. The first-order chi connectivity index (χ1) is 24.3. The topological polar surface area (TPSA) is 189 Å². The highest BCUT2D eigenvalue weighted by atomic mass is 16.0. The number of hydrogen-bond donors (Lipinski definition) is 0. The Balaban J connectivity index is 0.00000112. The van der Waals surface area contributed by atoms with Gasteiger partial charge in [0.05, 0.1) is 0 Å². The second-order valence-electron chi connectivity index (χ2n) is 22.0. The monoisotopic (exact) mass is 777 g/mol. The smallest absolute Gasteiger partial charge is 0.0173 e. The lowest BCUT2D eigenvalue weighted by Gasteiger charge is -2.55. The third kappa shape index (κ3) is 8.30. The Morgan fingerprint density at radius 3 is 0.600 bits per heavy atom. The first-order valence-electron chi connectivity index (χ1n) is 24.3. The molecule has 0 saturated heterocycles. The van der Waals surface area contributed by atoms with Crippen molar-refractivity contribution in [1.29, 1.82) is 0 Å². The normalized spacial score (nSPS) is 44.9. The molecule has 1 spiro atoms. The van der Waals surface area contributed by atoms with E-state index in [1.54, 1.807) is 205 Å². The van der Waals surface area contributed by atoms with Gasteiger partial charge in [-0.3, -0.25) is 0 Å². The number of hydrogen-bond acceptors (Lipinski definition) is 0. The molecule has 0 aliphatic heterocycles. The molecule has 324 valence electrons. The first-order valence-corrected chi connectivity index (χ1v) is 24.3. The van der Waals surface area contributed by atoms with E-state index in [4.69, 9.17) is 0 Å². The zero-order valence-electron chi connectivity index (χ0n) is 35.4. The van der Waals surface area contributed by atoms with Crippen molar-refractivity contribution in [3.63, 3.8) is 0 Å². The molecule has 6 nitrogen and oxygen atoms in total. The lowest BCUT2D eigenvalue weighted by molar-refractivity contribution is -0.0744. The van der Waals surface area contributed by atoms with Gasteiger partial charge in [-0.2, -0.15) is 0 Å². The molecule has 0 heterocycles. The van der Waals surface area contributed by atoms with E-state index in [2.05, 4.69) is 0 Å². The zero-order chi connectivity index (χ0) is 32.4. The van der Waals surface area contributed by atoms with Crippen LogP contribution in [0.15, 0.2) is 0 Å². The van der Waals surface area contributed by atoms with Crippen molar-refractivity contribution in [2.24, 2.45) is 100 Å². The van der Waals surface area contributed by atoms with Crippen molar-refractivity contribution in [3.05, 3.63) is 0 Å². The van der Waals surface area contributed by atoms with Crippen molar-refractivity contribution in [3.8, 4) is 0 Å². The maximum absolute atomic E-state index is 1.73. The molecular formula is C49H92O6. The van der Waals surface area contributed by atoms with E-state index in [0.717, 1.165) is 100 Å². The Morgan fingerprint density at radius 1 is 0.200 bits per heavy atom. The van der Waals surface area contributed by atoms with E-state index >= 15 is 0 Å². The van der Waals surface area contributed by atoms with Gasteiger partial charge < -0.3 is 32.9 Å². The van der Waals surface area contributed by atoms with Crippen LogP contribution in [0.5, 0.6) is 0 Å². The summed E-state index contributed by atoms with van der Waals surface area (Å²) in [5.74, 6) is 18.0. The molecule has 0 aromatic heterocycles. The molecule has 10 aliphatic carbocycles. The highest BCUT2D eigenvalue weighted by Gasteiger charge is 2.73. The van der Waals surface area contributed by atoms with Crippen LogP contribution in [0.1, 0.15) is 205 Å². The van der Waals surface area contributed by atoms with Gasteiger partial charge in [0.15, 0.2) is 0 Å². The largest absolute Gasteiger partial charge is 0.412 e. The van der Waals surface area contributed by atoms with E-state index in [1.807, 2.05) is 0 Å². The third-order valence-corrected chi connectivity index (χ3v) is 20.7. The molecule has 10 fully saturated rings. The van der Waals surface area contributed by atoms with Crippen LogP contribution >= 0.6 is 0 Å². The number of rotatable bonds is 4. The van der Waals surface area contributed by atoms with Crippen molar-refractivity contribution in [2.45, 2.75) is 205 Å². The molecule has 12 unspecified atom stereocenters. The molecule has 6 heteroatoms. The SMILES string of the molecule is C1CCC(C2CCC3C4CCC(C5CCCCC5)CC4C4(C3C2)C2CC(C3CCCCC3)CCC2C2CCC(C3CCCCC3)CC24)CC1.O.O.O.O.O.O. The summed E-state index contributed by atoms with van der Waals surface area (Å²) in [7, 11) is 0. The van der Waals surface area contributed by atoms with E-state index in [1.165, 1.54) is 0 Å². The quantitative estimate of drug-likeness (QED) is 0.263. The van der Waals surface area contributed by atoms with Gasteiger partial charge in [-0.05, 0) is 177 Å². The lowest BCUT2D eigenvalue weighted by Crippen LogP contribution is -2.49. The standard InChI is InChI=1S/C49H80.6H2O/c1-5-13-33(14-6-1)37-21-25-41-42-26-22-38(34-15-7-2-8-16-34)30-46(42)49(45(41)29-37)47-31-39(35-17-9-3-10-18-35)23-27-43(47)44-28-24-40(32-48(44)49)36-19-11-4-12-20-36;;;;;;/h33-48H,1-32H2;6*1H2. The van der Waals surface area contributed by atoms with Crippen LogP contribution in [0.2, 0.25) is 0 Å². The molecule has 0 aromatic rings. The molecule has 55 heavy (non-hydrogen) atoms. The van der Waals surface area contributed by atoms with Gasteiger partial charge in [0, 0.05) is 0 Å². The number of fused-ring (bicyclic) bond motifs is 10. The molecule has 0 bridgehead atoms. The summed E-state index contributed by atoms with van der Waals surface area (Å²) < 4.78 is 0. The van der Waals surface area contributed by atoms with Crippen LogP contribution in [0, 0.1) is 100 Å². The van der Waals surface area contributed by atoms with Gasteiger partial charge in [0.1, 0.15) is 0 Å². The summed E-state index contributed by atoms with van der Waals surface area (Å²) in [6, 6.07) is 0. The fourth-order valence-corrected chi connectivity index (χ4v) is 19.0. The molecule has 0 amide bonds. The summed E-state index contributed by atoms with van der Waals surface area (Å²) >= 11 is 0. The van der Waals surface area contributed by atoms with Crippen LogP contribution in [0.25, 0.3) is 0 Å². The van der Waals surface area contributed by atoms with Crippen LogP contribution in [-0.2, 0) is 0 Å². The Morgan fingerprint density at radius 2 is 0.400 bits per heavy atom. The summed E-state index contributed by atoms with van der Waals surface area (Å²) in [5, 5.41) is 0. The van der Waals surface area contributed by atoms with Crippen LogP contribution < -0.4 is 0 Å². The summed E-state index contributed by atoms with van der Waals surface area (Å²) in [5.41, 5.74) is 0.770. The molecule has 10 saturated carbocycles. The molecule has 12 N–H and O–H groups in total. The molecule has 12 atom stereocenters. The van der Waals surface area contributed by atoms with Gasteiger partial charge >= 0.3 is 0 Å². The average Bonchev–Trinajstić information content (AvgIpc) is 3.65. The van der Waals surface area contributed by atoms with E-state index < -0.39 is 0 Å². The fourth-order valence-electron chi connectivity index (χ4n) is 19.0. The van der Waals surface area contributed by atoms with Crippen LogP contribution in [-0.4, -0.2) is 32.9 Å². The summed E-state index contributed by atoms with van der Waals surface area (Å²) in [4.78, 5) is 0. The molecule has 10 rings (SSSR count). The van der Waals surface area contributed by atoms with E-state index in [0.29, 0.717) is 0 Å². The third-order valence-electron chi connectivity index (χ3n) is 20.7. The van der Waals surface area contributed by atoms with E-state index in [-0.39, 0.29) is 32.9 Å². The molecule has 10 aliphatic rings. The maximum Gasteiger partial charge on any atom is -0.0173 e. The molecule has 0 radical (unpaired) electrons. The second-order valence-corrected chi connectivity index (χ2v) is 22.0. The summed E-state index contributed by atoms with van der Waals surface area (Å²) in [6.45, 7) is 0. The van der Waals surface area contributed by atoms with Gasteiger partial charge in [0.2, 0.25) is 0 Å². The Labute approximate surface area is 337 Å². The van der Waals surface area contributed by atoms with Crippen LogP contribution in [0.3, 0.4) is 0 Å². The minimum Gasteiger partial charge on any atom is -0.412 e. The van der Waals surface area contributed by atoms with Crippen LogP contribution in [0.4, 0.5) is 0 Å². The second kappa shape index (κ2) is 20.3. The van der Waals surface area contributed by atoms with Gasteiger partial charge in [-0.1, -0.05) is 128 Å². The first kappa shape index (κ1) is 47.4. The average molecular weight is 777 g/mol. The van der Waals surface area contributed by atoms with Crippen molar-refractivity contribution >= 4 is 0 Å². The minimum atomic E-state index is 0. The van der Waals surface area contributed by atoms with Gasteiger partial charge in [-0.15, -0.1) is 0 Å². The predicted molar refractivity (Wildman–Crippen MR) is 228 cm³/mol. The Hall–Kier alpha value is -0.240. The lowest BCUT2D eigenvalue weighted by atomic mass is 9.49. The fraction of sp³-hybridized carbons (Fsp3) is 1.00. The Bertz CT molecular complexity index is 933. The minimum absolute atomic E-state index is 0. The highest BCUT2D eigenvalue weighted by molar-refractivity contribution is 5.21. The molecule has 0 aromatic carbocycles. The Kier molecular flexibility index (Phi) is 17.5. The summed E-state index contributed by atoms with van der Waals surface area (Å²) in [6.07, 6.45) is 51.8. The van der Waals surface area contributed by atoms with Crippen molar-refractivity contribution < 1.29 is 32.9 Å². The zero-order valence-corrected chi connectivity index (χ0v) is 35.4. The highest BCUT2D eigenvalue weighted by Crippen LogP contribution is 2.79. The maximum atomic E-state index is 1.73. The van der Waals surface area contributed by atoms with E-state index in [9.17, 15) is 0 Å². The van der Waals surface area contributed by atoms with Gasteiger partial charge in [-0.25, -0.2) is 0 Å². The van der Waals surface area contributed by atoms with Crippen molar-refractivity contribution in [2.75, 3.05) is 0 Å². The van der Waals surface area contributed by atoms with Crippen molar-refractivity contribution in [1.82, 2.24) is 0 Å². The van der Waals surface area contributed by atoms with Gasteiger partial charge in [0.25, 0.3) is 0 Å². The molecular weight excluding hydrogens is 685 g/mol.